The van der Waals surface area contributed by atoms with Gasteiger partial charge in [-0.25, -0.2) is 18.4 Å². The van der Waals surface area contributed by atoms with Gasteiger partial charge >= 0.3 is 0 Å². The van der Waals surface area contributed by atoms with Gasteiger partial charge in [0.05, 0.1) is 10.8 Å². The second-order valence-electron chi connectivity index (χ2n) is 8.38. The summed E-state index contributed by atoms with van der Waals surface area (Å²) in [5, 5.41) is 0. The van der Waals surface area contributed by atoms with Crippen molar-refractivity contribution in [2.24, 2.45) is 0 Å². The minimum Gasteiger partial charge on any atom is -0.368 e. The first-order valence-electron chi connectivity index (χ1n) is 11.3. The van der Waals surface area contributed by atoms with Gasteiger partial charge in [-0.15, -0.1) is 0 Å². The molecule has 1 fully saturated rings. The molecule has 10 heteroatoms. The van der Waals surface area contributed by atoms with Crippen molar-refractivity contribution in [3.05, 3.63) is 78.8 Å². The molecule has 1 aromatic heterocycles. The highest BCUT2D eigenvalue weighted by Gasteiger charge is 2.29. The molecule has 2 heterocycles. The zero-order valence-electron chi connectivity index (χ0n) is 19.4. The van der Waals surface area contributed by atoms with Crippen molar-refractivity contribution in [3.63, 3.8) is 0 Å². The van der Waals surface area contributed by atoms with Crippen molar-refractivity contribution < 1.29 is 18.0 Å². The fourth-order valence-electron chi connectivity index (χ4n) is 4.11. The maximum Gasteiger partial charge on any atom is 0.263 e. The predicted molar refractivity (Wildman–Crippen MR) is 133 cm³/mol. The monoisotopic (exact) mass is 493 g/mol. The maximum atomic E-state index is 13.3. The molecule has 1 atom stereocenters. The van der Waals surface area contributed by atoms with Crippen LogP contribution in [-0.4, -0.2) is 61.2 Å². The predicted octanol–water partition coefficient (Wildman–Crippen LogP) is 2.69. The van der Waals surface area contributed by atoms with Crippen LogP contribution < -0.4 is 9.62 Å². The van der Waals surface area contributed by atoms with Crippen LogP contribution in [0.25, 0.3) is 0 Å². The Hall–Kier alpha value is -3.79. The molecule has 9 nitrogen and oxygen atoms in total. The number of hydrogen-bond donors (Lipinski definition) is 1. The normalized spacial score (nSPS) is 14.9. The number of nitrogens with zero attached hydrogens (tertiary/aromatic N) is 4. The van der Waals surface area contributed by atoms with Crippen molar-refractivity contribution in [2.45, 2.75) is 24.2 Å². The Labute approximate surface area is 204 Å². The van der Waals surface area contributed by atoms with Gasteiger partial charge in [-0.2, -0.15) is 0 Å². The van der Waals surface area contributed by atoms with Crippen LogP contribution in [0.3, 0.4) is 0 Å². The second-order valence-corrected chi connectivity index (χ2v) is 10.1. The van der Waals surface area contributed by atoms with E-state index in [4.69, 9.17) is 0 Å². The summed E-state index contributed by atoms with van der Waals surface area (Å²) in [7, 11) is -3.77. The minimum absolute atomic E-state index is 0.0184. The van der Waals surface area contributed by atoms with E-state index in [1.807, 2.05) is 35.2 Å². The number of aromatic nitrogens is 2. The Bertz CT molecular complexity index is 1260. The molecule has 0 spiro atoms. The lowest BCUT2D eigenvalue weighted by atomic mass is 9.92. The molecular weight excluding hydrogens is 466 g/mol. The molecule has 3 aromatic rings. The molecule has 1 aliphatic heterocycles. The Morgan fingerprint density at radius 2 is 1.66 bits per heavy atom. The molecular formula is C25H27N5O4S. The van der Waals surface area contributed by atoms with Crippen molar-refractivity contribution in [1.82, 2.24) is 14.9 Å². The topological polar surface area (TPSA) is 113 Å². The molecule has 1 amide bonds. The SMILES string of the molecule is CC(=O)CC(C(=O)N1CCN(c2ccc(S(=O)(=O)Nc3ccncn3)cc2)CC1)c1ccccc1. The zero-order valence-corrected chi connectivity index (χ0v) is 20.2. The number of sulfonamides is 1. The van der Waals surface area contributed by atoms with Crippen LogP contribution in [0.1, 0.15) is 24.8 Å². The van der Waals surface area contributed by atoms with Crippen LogP contribution >= 0.6 is 0 Å². The highest BCUT2D eigenvalue weighted by molar-refractivity contribution is 7.92. The molecule has 1 N–H and O–H groups in total. The molecule has 1 unspecified atom stereocenters. The number of ketones is 1. The lowest BCUT2D eigenvalue weighted by Crippen LogP contribution is -2.50. The van der Waals surface area contributed by atoms with Gasteiger partial charge in [0.1, 0.15) is 17.9 Å². The Morgan fingerprint density at radius 3 is 2.26 bits per heavy atom. The Kier molecular flexibility index (Phi) is 7.40. The smallest absolute Gasteiger partial charge is 0.263 e. The summed E-state index contributed by atoms with van der Waals surface area (Å²) in [4.78, 5) is 36.8. The molecule has 182 valence electrons. The molecule has 0 aliphatic carbocycles. The highest BCUT2D eigenvalue weighted by atomic mass is 32.2. The molecule has 2 aromatic carbocycles. The third-order valence-corrected chi connectivity index (χ3v) is 7.29. The number of benzene rings is 2. The van der Waals surface area contributed by atoms with E-state index < -0.39 is 15.9 Å². The first-order valence-corrected chi connectivity index (χ1v) is 12.8. The number of rotatable bonds is 8. The third kappa shape index (κ3) is 6.02. The van der Waals surface area contributed by atoms with E-state index in [-0.39, 0.29) is 28.8 Å². The Balaban J connectivity index is 1.39. The van der Waals surface area contributed by atoms with Crippen LogP contribution in [-0.2, 0) is 19.6 Å². The molecule has 4 rings (SSSR count). The van der Waals surface area contributed by atoms with E-state index in [1.54, 1.807) is 24.3 Å². The number of carbonyl (C=O) groups excluding carboxylic acids is 2. The van der Waals surface area contributed by atoms with E-state index in [1.165, 1.54) is 25.5 Å². The second kappa shape index (κ2) is 10.6. The number of amides is 1. The quantitative estimate of drug-likeness (QED) is 0.513. The lowest BCUT2D eigenvalue weighted by molar-refractivity contribution is -0.135. The first kappa shape index (κ1) is 24.3. The third-order valence-electron chi connectivity index (χ3n) is 5.92. The largest absolute Gasteiger partial charge is 0.368 e. The number of carbonyl (C=O) groups is 2. The summed E-state index contributed by atoms with van der Waals surface area (Å²) in [5.74, 6) is -0.339. The van der Waals surface area contributed by atoms with Crippen LogP contribution in [0, 0.1) is 0 Å². The van der Waals surface area contributed by atoms with Gasteiger partial charge in [-0.1, -0.05) is 30.3 Å². The van der Waals surface area contributed by atoms with E-state index >= 15 is 0 Å². The van der Waals surface area contributed by atoms with Crippen LogP contribution in [0.5, 0.6) is 0 Å². The standard InChI is InChI=1S/C25H27N5O4S/c1-19(31)17-23(20-5-3-2-4-6-20)25(32)30-15-13-29(14-16-30)21-7-9-22(10-8-21)35(33,34)28-24-11-12-26-18-27-24/h2-12,18,23H,13-17H2,1H3,(H,26,27,28). The van der Waals surface area contributed by atoms with Gasteiger partial charge in [0.2, 0.25) is 5.91 Å². The summed E-state index contributed by atoms with van der Waals surface area (Å²) in [6.07, 6.45) is 2.91. The number of piperazine rings is 1. The fourth-order valence-corrected chi connectivity index (χ4v) is 5.12. The number of Topliss-reactive ketones (excluding diaryl/α,β-unsaturated/α-hetero) is 1. The van der Waals surface area contributed by atoms with E-state index in [2.05, 4.69) is 19.6 Å². The van der Waals surface area contributed by atoms with Crippen molar-refractivity contribution in [3.8, 4) is 0 Å². The van der Waals surface area contributed by atoms with Gasteiger partial charge in [0.15, 0.2) is 0 Å². The number of hydrogen-bond acceptors (Lipinski definition) is 7. The average molecular weight is 494 g/mol. The highest BCUT2D eigenvalue weighted by Crippen LogP contribution is 2.25. The van der Waals surface area contributed by atoms with Gasteiger partial charge in [0, 0.05) is 44.5 Å². The average Bonchev–Trinajstić information content (AvgIpc) is 2.88. The van der Waals surface area contributed by atoms with Crippen molar-refractivity contribution in [2.75, 3.05) is 35.8 Å². The molecule has 0 bridgehead atoms. The van der Waals surface area contributed by atoms with Gasteiger partial charge < -0.3 is 9.80 Å². The van der Waals surface area contributed by atoms with Crippen LogP contribution in [0.2, 0.25) is 0 Å². The van der Waals surface area contributed by atoms with Crippen LogP contribution in [0.4, 0.5) is 11.5 Å². The van der Waals surface area contributed by atoms with E-state index in [0.29, 0.717) is 26.2 Å². The van der Waals surface area contributed by atoms with Crippen molar-refractivity contribution >= 4 is 33.2 Å². The summed E-state index contributed by atoms with van der Waals surface area (Å²) in [5.41, 5.74) is 1.73. The van der Waals surface area contributed by atoms with E-state index in [9.17, 15) is 18.0 Å². The maximum absolute atomic E-state index is 13.3. The van der Waals surface area contributed by atoms with Crippen LogP contribution in [0.15, 0.2) is 78.1 Å². The molecule has 0 saturated carbocycles. The number of nitrogens with one attached hydrogen (secondary N) is 1. The summed E-state index contributed by atoms with van der Waals surface area (Å²) < 4.78 is 27.7. The van der Waals surface area contributed by atoms with Gasteiger partial charge in [-0.3, -0.25) is 14.3 Å². The molecule has 1 aliphatic rings. The lowest BCUT2D eigenvalue weighted by Gasteiger charge is -2.37. The zero-order chi connectivity index (χ0) is 24.8. The molecule has 35 heavy (non-hydrogen) atoms. The Morgan fingerprint density at radius 1 is 0.971 bits per heavy atom. The van der Waals surface area contributed by atoms with Crippen molar-refractivity contribution in [1.29, 1.82) is 0 Å². The summed E-state index contributed by atoms with van der Waals surface area (Å²) >= 11 is 0. The minimum atomic E-state index is -3.77. The molecule has 0 radical (unpaired) electrons. The fraction of sp³-hybridized carbons (Fsp3) is 0.280. The molecule has 1 saturated heterocycles. The van der Waals surface area contributed by atoms with E-state index in [0.717, 1.165) is 11.3 Å². The summed E-state index contributed by atoms with van der Waals surface area (Å²) in [6.45, 7) is 3.77. The first-order chi connectivity index (χ1) is 16.8. The number of anilines is 2. The summed E-state index contributed by atoms with van der Waals surface area (Å²) in [6, 6.07) is 17.5. The van der Waals surface area contributed by atoms with Gasteiger partial charge in [-0.05, 0) is 42.8 Å². The van der Waals surface area contributed by atoms with Gasteiger partial charge in [0.25, 0.3) is 10.0 Å².